The Bertz CT molecular complexity index is 3160. The lowest BCUT2D eigenvalue weighted by atomic mass is 9.93. The number of ether oxygens (including phenoxy) is 9. The highest BCUT2D eigenvalue weighted by Gasteiger charge is 2.46. The number of carbonyl (C=O) groups excluding carboxylic acids is 4. The molecule has 0 aromatic heterocycles. The molecule has 0 saturated heterocycles. The SMILES string of the molecule is COC(=O)[C@@H](OC(=O)c1ccccc1)[C@H](OC(=O)c1ccccc1)C(=O)O[C@@H]1Cc2c(OCc3ccccc3)cc(OCc3ccccc3)cc2O[C@H]1c1ccc(OCc2ccccc2)c(OCc2ccccc2)c1. The third-order valence-corrected chi connectivity index (χ3v) is 12.1. The largest absolute Gasteiger partial charge is 0.489 e. The second kappa shape index (κ2) is 24.9. The second-order valence-corrected chi connectivity index (χ2v) is 17.3. The van der Waals surface area contributed by atoms with Gasteiger partial charge in [0.2, 0.25) is 12.2 Å². The lowest BCUT2D eigenvalue weighted by molar-refractivity contribution is -0.179. The van der Waals surface area contributed by atoms with E-state index < -0.39 is 48.3 Å². The van der Waals surface area contributed by atoms with E-state index in [1.54, 1.807) is 66.7 Å². The van der Waals surface area contributed by atoms with Gasteiger partial charge >= 0.3 is 23.9 Å². The van der Waals surface area contributed by atoms with Crippen molar-refractivity contribution < 1.29 is 61.8 Å². The maximum absolute atomic E-state index is 15.1. The first-order valence-corrected chi connectivity index (χ1v) is 24.2. The Morgan fingerprint density at radius 1 is 0.467 bits per heavy atom. The standard InChI is InChI=1S/C62H52O13/c1-67-61(65)57(74-59(63)46-28-16-6-17-29-46)58(75-60(64)47-30-18-7-19-31-47)62(66)73-55-37-50-52(70-40-44-24-12-4-13-25-44)35-49(68-38-42-20-8-2-9-21-42)36-53(50)72-56(55)48-32-33-51(69-39-43-22-10-3-11-23-43)54(34-48)71-41-45-26-14-5-15-27-45/h2-36,55-58H,37-41H2,1H3/t55-,56+,57+,58+/m1/s1. The summed E-state index contributed by atoms with van der Waals surface area (Å²) >= 11 is 0. The number of carbonyl (C=O) groups is 4. The third kappa shape index (κ3) is 13.4. The number of fused-ring (bicyclic) bond motifs is 1. The van der Waals surface area contributed by atoms with Crippen LogP contribution in [-0.4, -0.2) is 49.3 Å². The minimum Gasteiger partial charge on any atom is -0.489 e. The number of esters is 4. The number of benzene rings is 8. The normalized spacial score (nSPS) is 14.3. The van der Waals surface area contributed by atoms with Crippen molar-refractivity contribution >= 4 is 23.9 Å². The summed E-state index contributed by atoms with van der Waals surface area (Å²) in [4.78, 5) is 56.2. The van der Waals surface area contributed by atoms with Crippen LogP contribution in [0.1, 0.15) is 60.2 Å². The van der Waals surface area contributed by atoms with E-state index in [-0.39, 0.29) is 44.0 Å². The summed E-state index contributed by atoms with van der Waals surface area (Å²) < 4.78 is 55.8. The third-order valence-electron chi connectivity index (χ3n) is 12.1. The molecule has 8 aromatic rings. The van der Waals surface area contributed by atoms with E-state index in [1.807, 2.05) is 121 Å². The fourth-order valence-electron chi connectivity index (χ4n) is 8.22. The van der Waals surface area contributed by atoms with Gasteiger partial charge in [0.05, 0.1) is 18.2 Å². The van der Waals surface area contributed by atoms with Gasteiger partial charge in [-0.3, -0.25) is 0 Å². The zero-order chi connectivity index (χ0) is 51.8. The number of methoxy groups -OCH3 is 1. The van der Waals surface area contributed by atoms with Gasteiger partial charge in [0.15, 0.2) is 17.6 Å². The molecule has 0 fully saturated rings. The van der Waals surface area contributed by atoms with Crippen LogP contribution in [0.5, 0.6) is 28.7 Å². The van der Waals surface area contributed by atoms with Crippen LogP contribution in [0.2, 0.25) is 0 Å². The van der Waals surface area contributed by atoms with Crippen molar-refractivity contribution in [2.75, 3.05) is 7.11 Å². The summed E-state index contributed by atoms with van der Waals surface area (Å²) in [5.41, 5.74) is 4.79. The number of rotatable bonds is 21. The molecule has 378 valence electrons. The van der Waals surface area contributed by atoms with Crippen LogP contribution in [0, 0.1) is 0 Å². The molecule has 1 aliphatic rings. The minimum atomic E-state index is -2.18. The van der Waals surface area contributed by atoms with Gasteiger partial charge in [-0.15, -0.1) is 0 Å². The van der Waals surface area contributed by atoms with Crippen LogP contribution >= 0.6 is 0 Å². The lowest BCUT2D eigenvalue weighted by Crippen LogP contribution is -2.49. The van der Waals surface area contributed by atoms with Crippen molar-refractivity contribution in [3.8, 4) is 28.7 Å². The van der Waals surface area contributed by atoms with Crippen LogP contribution in [0.3, 0.4) is 0 Å². The molecule has 13 heteroatoms. The van der Waals surface area contributed by atoms with Crippen molar-refractivity contribution in [1.82, 2.24) is 0 Å². The summed E-state index contributed by atoms with van der Waals surface area (Å²) in [6.07, 6.45) is -6.68. The van der Waals surface area contributed by atoms with Crippen LogP contribution in [0.4, 0.5) is 0 Å². The monoisotopic (exact) mass is 1000 g/mol. The van der Waals surface area contributed by atoms with Crippen LogP contribution < -0.4 is 23.7 Å². The van der Waals surface area contributed by atoms with E-state index in [0.29, 0.717) is 39.9 Å². The molecule has 0 N–H and O–H groups in total. The van der Waals surface area contributed by atoms with E-state index in [0.717, 1.165) is 29.4 Å². The molecule has 1 aliphatic heterocycles. The van der Waals surface area contributed by atoms with E-state index in [1.165, 1.54) is 24.3 Å². The highest BCUT2D eigenvalue weighted by atomic mass is 16.6. The van der Waals surface area contributed by atoms with Crippen molar-refractivity contribution in [3.05, 3.63) is 257 Å². The van der Waals surface area contributed by atoms with Gasteiger partial charge in [-0.1, -0.05) is 164 Å². The molecule has 75 heavy (non-hydrogen) atoms. The average Bonchev–Trinajstić information content (AvgIpc) is 3.47. The quantitative estimate of drug-likeness (QED) is 0.0496. The van der Waals surface area contributed by atoms with E-state index in [2.05, 4.69) is 0 Å². The van der Waals surface area contributed by atoms with Gasteiger partial charge in [0.25, 0.3) is 0 Å². The summed E-state index contributed by atoms with van der Waals surface area (Å²) in [5.74, 6) is -2.42. The van der Waals surface area contributed by atoms with Crippen molar-refractivity contribution in [1.29, 1.82) is 0 Å². The molecule has 0 bridgehead atoms. The molecular weight excluding hydrogens is 953 g/mol. The van der Waals surface area contributed by atoms with E-state index in [9.17, 15) is 14.4 Å². The Morgan fingerprint density at radius 3 is 1.37 bits per heavy atom. The highest BCUT2D eigenvalue weighted by Crippen LogP contribution is 2.45. The molecular formula is C62H52O13. The Labute approximate surface area is 434 Å². The Morgan fingerprint density at radius 2 is 0.893 bits per heavy atom. The second-order valence-electron chi connectivity index (χ2n) is 17.3. The predicted molar refractivity (Wildman–Crippen MR) is 276 cm³/mol. The summed E-state index contributed by atoms with van der Waals surface area (Å²) in [6, 6.07) is 63.1. The zero-order valence-corrected chi connectivity index (χ0v) is 40.9. The highest BCUT2D eigenvalue weighted by molar-refractivity contribution is 5.96. The zero-order valence-electron chi connectivity index (χ0n) is 40.9. The lowest BCUT2D eigenvalue weighted by Gasteiger charge is -2.35. The number of hydrogen-bond donors (Lipinski definition) is 0. The molecule has 13 nitrogen and oxygen atoms in total. The van der Waals surface area contributed by atoms with Gasteiger partial charge < -0.3 is 42.6 Å². The molecule has 4 atom stereocenters. The van der Waals surface area contributed by atoms with Crippen LogP contribution in [0.15, 0.2) is 212 Å². The van der Waals surface area contributed by atoms with Gasteiger partial charge in [-0.05, 0) is 58.7 Å². The molecule has 1 heterocycles. The fourth-order valence-corrected chi connectivity index (χ4v) is 8.22. The van der Waals surface area contributed by atoms with Crippen LogP contribution in [0.25, 0.3) is 0 Å². The minimum absolute atomic E-state index is 0.0344. The number of hydrogen-bond acceptors (Lipinski definition) is 13. The summed E-state index contributed by atoms with van der Waals surface area (Å²) in [7, 11) is 1.05. The topological polar surface area (TPSA) is 151 Å². The average molecular weight is 1010 g/mol. The van der Waals surface area contributed by atoms with Crippen molar-refractivity contribution in [3.63, 3.8) is 0 Å². The Kier molecular flexibility index (Phi) is 16.8. The maximum atomic E-state index is 15.1. The van der Waals surface area contributed by atoms with Gasteiger partial charge in [-0.2, -0.15) is 0 Å². The molecule has 0 unspecified atom stereocenters. The first kappa shape index (κ1) is 50.6. The first-order valence-electron chi connectivity index (χ1n) is 24.2. The molecule has 0 spiro atoms. The Balaban J connectivity index is 1.12. The first-order chi connectivity index (χ1) is 36.8. The van der Waals surface area contributed by atoms with Crippen molar-refractivity contribution in [2.45, 2.75) is 57.3 Å². The molecule has 8 aromatic carbocycles. The molecule has 0 amide bonds. The van der Waals surface area contributed by atoms with Crippen molar-refractivity contribution in [2.24, 2.45) is 0 Å². The molecule has 0 aliphatic carbocycles. The Hall–Kier alpha value is -9.36. The van der Waals surface area contributed by atoms with E-state index >= 15 is 4.79 Å². The smallest absolute Gasteiger partial charge is 0.352 e. The molecule has 9 rings (SSSR count). The maximum Gasteiger partial charge on any atom is 0.352 e. The van der Waals surface area contributed by atoms with Gasteiger partial charge in [0.1, 0.15) is 49.8 Å². The van der Waals surface area contributed by atoms with Gasteiger partial charge in [0, 0.05) is 29.7 Å². The van der Waals surface area contributed by atoms with E-state index in [4.69, 9.17) is 42.6 Å². The summed E-state index contributed by atoms with van der Waals surface area (Å²) in [6.45, 7) is 0.842. The fraction of sp³-hybridized carbons (Fsp3) is 0.161. The molecule has 0 radical (unpaired) electrons. The van der Waals surface area contributed by atoms with Gasteiger partial charge in [-0.25, -0.2) is 19.2 Å². The van der Waals surface area contributed by atoms with Crippen LogP contribution in [-0.2, 0) is 61.4 Å². The predicted octanol–water partition coefficient (Wildman–Crippen LogP) is 11.2. The molecule has 0 saturated carbocycles. The summed E-state index contributed by atoms with van der Waals surface area (Å²) in [5, 5.41) is 0.